The second kappa shape index (κ2) is 7.63. The molecule has 0 bridgehead atoms. The Labute approximate surface area is 97.8 Å². The summed E-state index contributed by atoms with van der Waals surface area (Å²) in [6.45, 7) is 2.53. The minimum Gasteiger partial charge on any atom is -0.396 e. The van der Waals surface area contributed by atoms with Crippen LogP contribution in [0, 0.1) is 5.92 Å². The summed E-state index contributed by atoms with van der Waals surface area (Å²) in [6.07, 6.45) is 6.30. The molecule has 3 N–H and O–H groups in total. The number of carbonyl (C=O) groups is 1. The summed E-state index contributed by atoms with van der Waals surface area (Å²) in [5.74, 6) is 0.380. The third-order valence-electron chi connectivity index (χ3n) is 3.18. The Morgan fingerprint density at radius 2 is 1.94 bits per heavy atom. The third-order valence-corrected chi connectivity index (χ3v) is 3.18. The maximum Gasteiger partial charge on any atom is 0.223 e. The van der Waals surface area contributed by atoms with Crippen molar-refractivity contribution in [2.24, 2.45) is 11.7 Å². The molecule has 1 atom stereocenters. The highest BCUT2D eigenvalue weighted by Crippen LogP contribution is 2.17. The Bertz CT molecular complexity index is 209. The number of unbranched alkanes of at least 4 members (excludes halogenated alkanes) is 4. The molecule has 0 spiro atoms. The fourth-order valence-electron chi connectivity index (χ4n) is 2.17. The lowest BCUT2D eigenvalue weighted by molar-refractivity contribution is -0.127. The standard InChI is InChI=1S/C12H24N2O2/c13-6-4-2-1-3-5-7-14-9-11(10-15)8-12(14)16/h11,15H,1-10,13H2. The Balaban J connectivity index is 2.03. The lowest BCUT2D eigenvalue weighted by Crippen LogP contribution is -2.26. The molecule has 0 radical (unpaired) electrons. The van der Waals surface area contributed by atoms with E-state index < -0.39 is 0 Å². The van der Waals surface area contributed by atoms with Crippen molar-refractivity contribution in [1.82, 2.24) is 4.90 Å². The van der Waals surface area contributed by atoms with E-state index in [-0.39, 0.29) is 18.4 Å². The molecule has 1 saturated heterocycles. The number of likely N-dealkylation sites (tertiary alicyclic amines) is 1. The molecule has 0 saturated carbocycles. The van der Waals surface area contributed by atoms with E-state index in [1.165, 1.54) is 19.3 Å². The molecule has 4 heteroatoms. The first-order chi connectivity index (χ1) is 7.77. The highest BCUT2D eigenvalue weighted by Gasteiger charge is 2.28. The average Bonchev–Trinajstić information content (AvgIpc) is 2.65. The van der Waals surface area contributed by atoms with Crippen LogP contribution in [0.5, 0.6) is 0 Å². The first-order valence-electron chi connectivity index (χ1n) is 6.36. The zero-order valence-corrected chi connectivity index (χ0v) is 10.0. The van der Waals surface area contributed by atoms with Gasteiger partial charge in [-0.3, -0.25) is 4.79 Å². The number of nitrogens with two attached hydrogens (primary N) is 1. The molecule has 1 unspecified atom stereocenters. The molecule has 0 aromatic rings. The summed E-state index contributed by atoms with van der Waals surface area (Å²) in [4.78, 5) is 13.4. The SMILES string of the molecule is NCCCCCCCN1CC(CO)CC1=O. The number of hydrogen-bond acceptors (Lipinski definition) is 3. The van der Waals surface area contributed by atoms with Crippen LogP contribution >= 0.6 is 0 Å². The number of aliphatic hydroxyl groups excluding tert-OH is 1. The van der Waals surface area contributed by atoms with Gasteiger partial charge in [0, 0.05) is 32.0 Å². The van der Waals surface area contributed by atoms with Gasteiger partial charge in [0.25, 0.3) is 0 Å². The molecule has 94 valence electrons. The minimum absolute atomic E-state index is 0.138. The van der Waals surface area contributed by atoms with Crippen LogP contribution < -0.4 is 5.73 Å². The molecule has 1 heterocycles. The third kappa shape index (κ3) is 4.49. The normalized spacial score (nSPS) is 20.8. The highest BCUT2D eigenvalue weighted by atomic mass is 16.3. The number of carbonyl (C=O) groups excluding carboxylic acids is 1. The Hall–Kier alpha value is -0.610. The second-order valence-electron chi connectivity index (χ2n) is 4.65. The number of amides is 1. The van der Waals surface area contributed by atoms with Crippen LogP contribution in [0.3, 0.4) is 0 Å². The molecule has 1 aliphatic heterocycles. The van der Waals surface area contributed by atoms with Crippen LogP contribution in [0.2, 0.25) is 0 Å². The van der Waals surface area contributed by atoms with Gasteiger partial charge in [-0.05, 0) is 19.4 Å². The molecule has 0 aliphatic carbocycles. The van der Waals surface area contributed by atoms with Gasteiger partial charge in [-0.1, -0.05) is 19.3 Å². The van der Waals surface area contributed by atoms with Gasteiger partial charge in [0.15, 0.2) is 0 Å². The molecule has 1 fully saturated rings. The molecule has 1 rings (SSSR count). The van der Waals surface area contributed by atoms with Crippen LogP contribution in [0.4, 0.5) is 0 Å². The van der Waals surface area contributed by atoms with Crippen molar-refractivity contribution in [2.75, 3.05) is 26.2 Å². The van der Waals surface area contributed by atoms with E-state index in [1.807, 2.05) is 4.90 Å². The van der Waals surface area contributed by atoms with Gasteiger partial charge in [0.2, 0.25) is 5.91 Å². The number of aliphatic hydroxyl groups is 1. The molecule has 0 aromatic heterocycles. The predicted molar refractivity (Wildman–Crippen MR) is 63.9 cm³/mol. The maximum atomic E-state index is 11.5. The molecule has 4 nitrogen and oxygen atoms in total. The monoisotopic (exact) mass is 228 g/mol. The lowest BCUT2D eigenvalue weighted by Gasteiger charge is -2.15. The quantitative estimate of drug-likeness (QED) is 0.602. The summed E-state index contributed by atoms with van der Waals surface area (Å²) < 4.78 is 0. The predicted octanol–water partition coefficient (Wildman–Crippen LogP) is 0.736. The lowest BCUT2D eigenvalue weighted by atomic mass is 10.1. The number of nitrogens with zero attached hydrogens (tertiary/aromatic N) is 1. The van der Waals surface area contributed by atoms with Gasteiger partial charge >= 0.3 is 0 Å². The van der Waals surface area contributed by atoms with Gasteiger partial charge < -0.3 is 15.7 Å². The molecule has 1 amide bonds. The number of rotatable bonds is 8. The Morgan fingerprint density at radius 1 is 1.25 bits per heavy atom. The topological polar surface area (TPSA) is 66.6 Å². The van der Waals surface area contributed by atoms with Crippen molar-refractivity contribution in [3.63, 3.8) is 0 Å². The van der Waals surface area contributed by atoms with Gasteiger partial charge in [0.1, 0.15) is 0 Å². The first-order valence-corrected chi connectivity index (χ1v) is 6.36. The van der Waals surface area contributed by atoms with Crippen LogP contribution in [-0.2, 0) is 4.79 Å². The van der Waals surface area contributed by atoms with Gasteiger partial charge in [-0.2, -0.15) is 0 Å². The minimum atomic E-state index is 0.138. The van der Waals surface area contributed by atoms with E-state index in [1.54, 1.807) is 0 Å². The van der Waals surface area contributed by atoms with Crippen molar-refractivity contribution >= 4 is 5.91 Å². The van der Waals surface area contributed by atoms with E-state index in [0.29, 0.717) is 6.42 Å². The first kappa shape index (κ1) is 13.5. The summed E-state index contributed by atoms with van der Waals surface area (Å²) >= 11 is 0. The van der Waals surface area contributed by atoms with E-state index in [0.717, 1.165) is 32.5 Å². The van der Waals surface area contributed by atoms with Gasteiger partial charge in [0.05, 0.1) is 0 Å². The Kier molecular flexibility index (Phi) is 6.42. The van der Waals surface area contributed by atoms with E-state index >= 15 is 0 Å². The van der Waals surface area contributed by atoms with Gasteiger partial charge in [-0.25, -0.2) is 0 Å². The summed E-state index contributed by atoms with van der Waals surface area (Å²) in [6, 6.07) is 0. The van der Waals surface area contributed by atoms with E-state index in [4.69, 9.17) is 10.8 Å². The van der Waals surface area contributed by atoms with Gasteiger partial charge in [-0.15, -0.1) is 0 Å². The summed E-state index contributed by atoms with van der Waals surface area (Å²) in [5.41, 5.74) is 5.42. The molecular formula is C12H24N2O2. The largest absolute Gasteiger partial charge is 0.396 e. The molecule has 0 aromatic carbocycles. The van der Waals surface area contributed by atoms with Crippen LogP contribution in [0.15, 0.2) is 0 Å². The fraction of sp³-hybridized carbons (Fsp3) is 0.917. The van der Waals surface area contributed by atoms with Crippen molar-refractivity contribution in [3.8, 4) is 0 Å². The second-order valence-corrected chi connectivity index (χ2v) is 4.65. The zero-order valence-electron chi connectivity index (χ0n) is 10.0. The van der Waals surface area contributed by atoms with Crippen molar-refractivity contribution in [2.45, 2.75) is 38.5 Å². The average molecular weight is 228 g/mol. The van der Waals surface area contributed by atoms with Crippen molar-refractivity contribution in [1.29, 1.82) is 0 Å². The highest BCUT2D eigenvalue weighted by molar-refractivity contribution is 5.78. The van der Waals surface area contributed by atoms with Crippen molar-refractivity contribution < 1.29 is 9.90 Å². The molecule has 16 heavy (non-hydrogen) atoms. The zero-order chi connectivity index (χ0) is 11.8. The fourth-order valence-corrected chi connectivity index (χ4v) is 2.17. The molecular weight excluding hydrogens is 204 g/mol. The summed E-state index contributed by atoms with van der Waals surface area (Å²) in [5, 5.41) is 8.98. The number of hydrogen-bond donors (Lipinski definition) is 2. The van der Waals surface area contributed by atoms with E-state index in [9.17, 15) is 4.79 Å². The van der Waals surface area contributed by atoms with Crippen LogP contribution in [0.25, 0.3) is 0 Å². The molecule has 1 aliphatic rings. The van der Waals surface area contributed by atoms with Crippen LogP contribution in [-0.4, -0.2) is 42.2 Å². The smallest absolute Gasteiger partial charge is 0.223 e. The summed E-state index contributed by atoms with van der Waals surface area (Å²) in [7, 11) is 0. The van der Waals surface area contributed by atoms with Crippen LogP contribution in [0.1, 0.15) is 38.5 Å². The van der Waals surface area contributed by atoms with Crippen molar-refractivity contribution in [3.05, 3.63) is 0 Å². The maximum absolute atomic E-state index is 11.5. The Morgan fingerprint density at radius 3 is 2.56 bits per heavy atom. The van der Waals surface area contributed by atoms with E-state index in [2.05, 4.69) is 0 Å².